The molecule has 286 valence electrons. The van der Waals surface area contributed by atoms with Crippen molar-refractivity contribution in [3.63, 3.8) is 0 Å². The average Bonchev–Trinajstić information content (AvgIpc) is 3.71. The summed E-state index contributed by atoms with van der Waals surface area (Å²) in [4.78, 5) is 34.1. The largest absolute Gasteiger partial charge is 0.508 e. The topological polar surface area (TPSA) is 268 Å². The van der Waals surface area contributed by atoms with Gasteiger partial charge >= 0.3 is 6.16 Å². The van der Waals surface area contributed by atoms with E-state index in [0.717, 1.165) is 5.56 Å². The second-order valence-electron chi connectivity index (χ2n) is 11.0. The molecule has 0 amide bonds. The Hall–Kier alpha value is -6.07. The number of benzene rings is 1. The summed E-state index contributed by atoms with van der Waals surface area (Å²) in [6, 6.07) is 12.7. The number of carbonyl (C=O) groups excluding carboxylic acids is 1. The smallest absolute Gasteiger partial charge is 0.493 e. The lowest BCUT2D eigenvalue weighted by Gasteiger charge is -2.18. The van der Waals surface area contributed by atoms with E-state index >= 15 is 0 Å². The minimum absolute atomic E-state index is 0.0139. The Morgan fingerprint density at radius 1 is 0.926 bits per heavy atom. The van der Waals surface area contributed by atoms with Gasteiger partial charge in [-0.3, -0.25) is 25.0 Å². The van der Waals surface area contributed by atoms with Gasteiger partial charge in [0.05, 0.1) is 25.7 Å². The van der Waals surface area contributed by atoms with Gasteiger partial charge in [0.15, 0.2) is 34.0 Å². The number of nitrogens with one attached hydrogen (secondary N) is 2. The fourth-order valence-electron chi connectivity index (χ4n) is 4.56. The molecule has 21 nitrogen and oxygen atoms in total. The van der Waals surface area contributed by atoms with Crippen LogP contribution in [-0.4, -0.2) is 104 Å². The number of unbranched alkanes of at least 4 members (excludes halogenated alkanes) is 3. The average molecular weight is 769 g/mol. The third-order valence-electron chi connectivity index (χ3n) is 7.12. The molecule has 1 aromatic carbocycles. The summed E-state index contributed by atoms with van der Waals surface area (Å²) in [6.45, 7) is 1.43. The molecule has 0 aliphatic rings. The normalized spacial score (nSPS) is 11.3. The Balaban J connectivity index is 1.40. The highest BCUT2D eigenvalue weighted by molar-refractivity contribution is 7.92. The molecule has 22 heteroatoms. The number of hydrogen-bond donors (Lipinski definition) is 4. The van der Waals surface area contributed by atoms with E-state index in [0.29, 0.717) is 42.7 Å². The fourth-order valence-corrected chi connectivity index (χ4v) is 5.49. The van der Waals surface area contributed by atoms with Gasteiger partial charge in [-0.2, -0.15) is 13.4 Å². The zero-order chi connectivity index (χ0) is 38.3. The first-order valence-electron chi connectivity index (χ1n) is 16.2. The van der Waals surface area contributed by atoms with Crippen LogP contribution in [-0.2, 0) is 24.3 Å². The Morgan fingerprint density at radius 2 is 1.70 bits per heavy atom. The number of aryl methyl sites for hydroxylation is 1. The number of aromatic nitrogens is 8. The Morgan fingerprint density at radius 3 is 2.43 bits per heavy atom. The van der Waals surface area contributed by atoms with E-state index in [1.54, 1.807) is 49.4 Å². The zero-order valence-electron chi connectivity index (χ0n) is 29.0. The van der Waals surface area contributed by atoms with Crippen LogP contribution in [0.3, 0.4) is 0 Å². The Labute approximate surface area is 308 Å². The summed E-state index contributed by atoms with van der Waals surface area (Å²) in [5.41, 5.74) is 1.46. The number of rotatable bonds is 20. The summed E-state index contributed by atoms with van der Waals surface area (Å²) in [6.07, 6.45) is 4.45. The van der Waals surface area contributed by atoms with Crippen LogP contribution in [0.15, 0.2) is 66.0 Å². The van der Waals surface area contributed by atoms with Gasteiger partial charge in [-0.15, -0.1) is 5.10 Å². The van der Waals surface area contributed by atoms with Crippen molar-refractivity contribution in [2.75, 3.05) is 38.3 Å². The lowest BCUT2D eigenvalue weighted by molar-refractivity contribution is -0.492. The number of aromatic amines is 1. The molecule has 54 heavy (non-hydrogen) atoms. The van der Waals surface area contributed by atoms with Gasteiger partial charge in [-0.05, 0) is 72.5 Å². The number of sulfonamides is 1. The molecule has 0 bridgehead atoms. The van der Waals surface area contributed by atoms with E-state index in [1.165, 1.54) is 25.6 Å². The highest BCUT2D eigenvalue weighted by atomic mass is 32.2. The van der Waals surface area contributed by atoms with Crippen LogP contribution in [0.1, 0.15) is 31.2 Å². The van der Waals surface area contributed by atoms with Gasteiger partial charge in [0.25, 0.3) is 15.9 Å². The molecule has 0 radical (unpaired) electrons. The number of anilines is 1. The standard InChI is InChI=1S/C32H36N10O11S/c1-21-11-12-26(34-20-21)54(46,47)39-30-27(53-25-10-6-5-9-24(25)48-2)31(36-28(35-30)22-13-14-33-23(19-22)29-37-40-41-38-29)49-17-18-51-32(43)50-15-7-3-4-8-16-52-42(44)45/h5-6,9-14,19-20,44-45H,3-4,7-8,15-18H2,1-2H3,(H,35,36,39)(H,37,38,40,41). The summed E-state index contributed by atoms with van der Waals surface area (Å²) in [5, 5.41) is 30.1. The molecule has 0 aliphatic heterocycles. The van der Waals surface area contributed by atoms with Crippen LogP contribution in [0.4, 0.5) is 10.6 Å². The van der Waals surface area contributed by atoms with Gasteiger partial charge in [0.1, 0.15) is 18.9 Å². The van der Waals surface area contributed by atoms with Crippen LogP contribution in [0, 0.1) is 6.92 Å². The van der Waals surface area contributed by atoms with E-state index in [9.17, 15) is 13.2 Å². The van der Waals surface area contributed by atoms with Crippen LogP contribution in [0.25, 0.3) is 22.9 Å². The molecule has 4 heterocycles. The number of methoxy groups -OCH3 is 1. The third kappa shape index (κ3) is 11.2. The zero-order valence-corrected chi connectivity index (χ0v) is 29.8. The van der Waals surface area contributed by atoms with Gasteiger partial charge < -0.3 is 23.7 Å². The maximum atomic E-state index is 13.7. The summed E-state index contributed by atoms with van der Waals surface area (Å²) in [7, 11) is -2.92. The molecular weight excluding hydrogens is 732 g/mol. The molecule has 5 aromatic rings. The van der Waals surface area contributed by atoms with E-state index in [-0.39, 0.29) is 71.7 Å². The number of ether oxygens (including phenoxy) is 5. The maximum Gasteiger partial charge on any atom is 0.508 e. The molecular formula is C32H36N10O11S. The molecule has 0 saturated heterocycles. The van der Waals surface area contributed by atoms with Crippen molar-refractivity contribution in [2.24, 2.45) is 0 Å². The van der Waals surface area contributed by atoms with Crippen molar-refractivity contribution in [2.45, 2.75) is 37.6 Å². The second kappa shape index (κ2) is 19.1. The van der Waals surface area contributed by atoms with Crippen molar-refractivity contribution >= 4 is 22.0 Å². The summed E-state index contributed by atoms with van der Waals surface area (Å²) >= 11 is 0. The van der Waals surface area contributed by atoms with Gasteiger partial charge in [0, 0.05) is 18.0 Å². The van der Waals surface area contributed by atoms with E-state index in [1.807, 2.05) is 0 Å². The van der Waals surface area contributed by atoms with Crippen molar-refractivity contribution in [3.8, 4) is 46.0 Å². The van der Waals surface area contributed by atoms with Crippen LogP contribution in [0.2, 0.25) is 0 Å². The lowest BCUT2D eigenvalue weighted by Crippen LogP contribution is -2.18. The minimum Gasteiger partial charge on any atom is -0.493 e. The number of tetrazole rings is 1. The predicted octanol–water partition coefficient (Wildman–Crippen LogP) is 4.13. The first kappa shape index (κ1) is 39.1. The van der Waals surface area contributed by atoms with Gasteiger partial charge in [-0.1, -0.05) is 24.6 Å². The number of H-pyrrole nitrogens is 1. The molecule has 0 spiro atoms. The highest BCUT2D eigenvalue weighted by Crippen LogP contribution is 2.41. The number of para-hydroxylation sites is 2. The van der Waals surface area contributed by atoms with Crippen molar-refractivity contribution in [1.29, 1.82) is 0 Å². The van der Waals surface area contributed by atoms with Gasteiger partial charge in [-0.25, -0.2) is 19.9 Å². The van der Waals surface area contributed by atoms with Crippen molar-refractivity contribution in [1.82, 2.24) is 45.9 Å². The summed E-state index contributed by atoms with van der Waals surface area (Å²) < 4.78 is 57.6. The number of hydrogen-bond acceptors (Lipinski definition) is 19. The van der Waals surface area contributed by atoms with Crippen molar-refractivity contribution in [3.05, 3.63) is 66.5 Å². The highest BCUT2D eigenvalue weighted by Gasteiger charge is 2.26. The molecule has 5 rings (SSSR count). The van der Waals surface area contributed by atoms with Crippen LogP contribution in [0.5, 0.6) is 23.1 Å². The van der Waals surface area contributed by atoms with Crippen LogP contribution >= 0.6 is 0 Å². The van der Waals surface area contributed by atoms with Crippen LogP contribution < -0.4 is 18.9 Å². The second-order valence-corrected chi connectivity index (χ2v) is 12.7. The quantitative estimate of drug-likeness (QED) is 0.0492. The Bertz CT molecular complexity index is 2070. The first-order valence-corrected chi connectivity index (χ1v) is 17.7. The lowest BCUT2D eigenvalue weighted by atomic mass is 10.2. The number of pyridine rings is 2. The predicted molar refractivity (Wildman–Crippen MR) is 184 cm³/mol. The van der Waals surface area contributed by atoms with E-state index in [2.05, 4.69) is 50.1 Å². The molecule has 4 N–H and O–H groups in total. The first-order chi connectivity index (χ1) is 26.1. The molecule has 0 atom stereocenters. The molecule has 0 fully saturated rings. The molecule has 0 aliphatic carbocycles. The Kier molecular flexibility index (Phi) is 13.9. The number of carbonyl (C=O) groups is 1. The monoisotopic (exact) mass is 768 g/mol. The van der Waals surface area contributed by atoms with Gasteiger partial charge in [0.2, 0.25) is 5.75 Å². The molecule has 4 aromatic heterocycles. The van der Waals surface area contributed by atoms with Crippen molar-refractivity contribution < 1.29 is 52.1 Å². The third-order valence-corrected chi connectivity index (χ3v) is 8.37. The van der Waals surface area contributed by atoms with E-state index in [4.69, 9.17) is 34.1 Å². The number of nitrogens with zero attached hydrogens (tertiary/aromatic N) is 8. The molecule has 0 saturated carbocycles. The minimum atomic E-state index is -4.35. The van der Waals surface area contributed by atoms with E-state index < -0.39 is 16.2 Å². The SMILES string of the molecule is COc1ccccc1Oc1c(NS(=O)(=O)c2ccc(C)cn2)nc(-c2ccnc(-c3nnn[nH]3)c2)nc1OCCOC(=O)OCCCCCCON(O)O. The summed E-state index contributed by atoms with van der Waals surface area (Å²) in [5.74, 6) is -0.0675. The fraction of sp³-hybridized carbons (Fsp3) is 0.312. The maximum absolute atomic E-state index is 13.7. The molecule has 0 unspecified atom stereocenters.